The Labute approximate surface area is 160 Å². The molecule has 0 bridgehead atoms. The lowest BCUT2D eigenvalue weighted by Crippen LogP contribution is -2.55. The minimum absolute atomic E-state index is 0.115. The predicted molar refractivity (Wildman–Crippen MR) is 104 cm³/mol. The van der Waals surface area contributed by atoms with Crippen molar-refractivity contribution < 1.29 is 19.1 Å². The fourth-order valence-electron chi connectivity index (χ4n) is 2.92. The van der Waals surface area contributed by atoms with Crippen LogP contribution < -0.4 is 20.1 Å². The van der Waals surface area contributed by atoms with Gasteiger partial charge < -0.3 is 20.1 Å². The molecule has 1 saturated heterocycles. The highest BCUT2D eigenvalue weighted by Crippen LogP contribution is 2.30. The molecule has 1 unspecified atom stereocenters. The van der Waals surface area contributed by atoms with Gasteiger partial charge in [0.05, 0.1) is 19.1 Å². The molecule has 2 N–H and O–H groups in total. The summed E-state index contributed by atoms with van der Waals surface area (Å²) in [6, 6.07) is 5.29. The van der Waals surface area contributed by atoms with Crippen molar-refractivity contribution >= 4 is 11.8 Å². The number of hydrogen-bond donors (Lipinski definition) is 2. The first-order valence-electron chi connectivity index (χ1n) is 9.19. The van der Waals surface area contributed by atoms with Crippen LogP contribution in [0.15, 0.2) is 30.4 Å². The summed E-state index contributed by atoms with van der Waals surface area (Å²) in [5, 5.41) is 5.42. The third-order valence-electron chi connectivity index (χ3n) is 4.27. The summed E-state index contributed by atoms with van der Waals surface area (Å²) in [5.74, 6) is 1.07. The average Bonchev–Trinajstić information content (AvgIpc) is 2.64. The lowest BCUT2D eigenvalue weighted by Gasteiger charge is -2.34. The Hall–Kier alpha value is -2.54. The SMILES string of the molecule is C=C(C)COc1ccc(CN2CCNC(=O)C2CC(=O)NC)cc1OCC. The van der Waals surface area contributed by atoms with Gasteiger partial charge >= 0.3 is 0 Å². The van der Waals surface area contributed by atoms with E-state index in [4.69, 9.17) is 9.47 Å². The number of carbonyl (C=O) groups is 2. The summed E-state index contributed by atoms with van der Waals surface area (Å²) in [6.45, 7) is 10.4. The quantitative estimate of drug-likeness (QED) is 0.639. The molecular formula is C20H29N3O4. The Morgan fingerprint density at radius 1 is 1.37 bits per heavy atom. The maximum absolute atomic E-state index is 12.2. The third kappa shape index (κ3) is 5.99. The number of piperazine rings is 1. The fraction of sp³-hybridized carbons (Fsp3) is 0.500. The molecule has 0 saturated carbocycles. The first-order chi connectivity index (χ1) is 12.9. The Bertz CT molecular complexity index is 690. The van der Waals surface area contributed by atoms with Crippen molar-refractivity contribution in [3.63, 3.8) is 0 Å². The number of carbonyl (C=O) groups excluding carboxylic acids is 2. The molecule has 0 aromatic heterocycles. The first kappa shape index (κ1) is 20.8. The molecule has 1 aromatic rings. The molecule has 1 fully saturated rings. The number of rotatable bonds is 9. The van der Waals surface area contributed by atoms with Crippen LogP contribution in [0.1, 0.15) is 25.8 Å². The maximum Gasteiger partial charge on any atom is 0.237 e. The van der Waals surface area contributed by atoms with Crippen LogP contribution in [0.3, 0.4) is 0 Å². The monoisotopic (exact) mass is 375 g/mol. The standard InChI is InChI=1S/C20H29N3O4/c1-5-26-18-10-15(6-7-17(18)27-13-14(2)3)12-23-9-8-22-20(25)16(23)11-19(24)21-4/h6-7,10,16H,2,5,8-9,11-13H2,1,3-4H3,(H,21,24)(H,22,25). The minimum Gasteiger partial charge on any atom is -0.490 e. The van der Waals surface area contributed by atoms with E-state index in [1.54, 1.807) is 7.05 Å². The van der Waals surface area contributed by atoms with Crippen LogP contribution in [0, 0.1) is 0 Å². The van der Waals surface area contributed by atoms with Crippen molar-refractivity contribution in [2.75, 3.05) is 33.4 Å². The van der Waals surface area contributed by atoms with E-state index in [9.17, 15) is 9.59 Å². The number of ether oxygens (including phenoxy) is 2. The van der Waals surface area contributed by atoms with E-state index < -0.39 is 6.04 Å². The van der Waals surface area contributed by atoms with Gasteiger partial charge in [-0.05, 0) is 37.1 Å². The van der Waals surface area contributed by atoms with Crippen molar-refractivity contribution in [3.8, 4) is 11.5 Å². The zero-order valence-electron chi connectivity index (χ0n) is 16.3. The van der Waals surface area contributed by atoms with Gasteiger partial charge in [0, 0.05) is 26.7 Å². The molecule has 148 valence electrons. The Morgan fingerprint density at radius 2 is 2.15 bits per heavy atom. The third-order valence-corrected chi connectivity index (χ3v) is 4.27. The van der Waals surface area contributed by atoms with E-state index in [0.717, 1.165) is 11.1 Å². The van der Waals surface area contributed by atoms with Gasteiger partial charge in [-0.15, -0.1) is 0 Å². The number of hydrogen-bond acceptors (Lipinski definition) is 5. The number of nitrogens with one attached hydrogen (secondary N) is 2. The van der Waals surface area contributed by atoms with Crippen molar-refractivity contribution in [1.82, 2.24) is 15.5 Å². The number of nitrogens with zero attached hydrogens (tertiary/aromatic N) is 1. The summed E-state index contributed by atoms with van der Waals surface area (Å²) in [5.41, 5.74) is 1.93. The summed E-state index contributed by atoms with van der Waals surface area (Å²) in [7, 11) is 1.57. The van der Waals surface area contributed by atoms with Crippen LogP contribution >= 0.6 is 0 Å². The predicted octanol–water partition coefficient (Wildman–Crippen LogP) is 1.48. The van der Waals surface area contributed by atoms with E-state index in [2.05, 4.69) is 17.2 Å². The molecule has 0 spiro atoms. The molecule has 0 aliphatic carbocycles. The molecule has 2 amide bonds. The Morgan fingerprint density at radius 3 is 2.81 bits per heavy atom. The molecule has 1 aliphatic rings. The van der Waals surface area contributed by atoms with Crippen molar-refractivity contribution in [1.29, 1.82) is 0 Å². The van der Waals surface area contributed by atoms with Crippen molar-refractivity contribution in [2.45, 2.75) is 32.9 Å². The van der Waals surface area contributed by atoms with Crippen molar-refractivity contribution in [3.05, 3.63) is 35.9 Å². The van der Waals surface area contributed by atoms with Gasteiger partial charge in [-0.2, -0.15) is 0 Å². The maximum atomic E-state index is 12.2. The van der Waals surface area contributed by atoms with Gasteiger partial charge in [0.25, 0.3) is 0 Å². The molecule has 1 heterocycles. The molecule has 1 aliphatic heterocycles. The van der Waals surface area contributed by atoms with Crippen LogP contribution in [0.25, 0.3) is 0 Å². The lowest BCUT2D eigenvalue weighted by molar-refractivity contribution is -0.134. The lowest BCUT2D eigenvalue weighted by atomic mass is 10.1. The zero-order valence-corrected chi connectivity index (χ0v) is 16.3. The minimum atomic E-state index is -0.478. The van der Waals surface area contributed by atoms with E-state index in [-0.39, 0.29) is 18.2 Å². The van der Waals surface area contributed by atoms with E-state index in [1.807, 2.05) is 36.9 Å². The molecule has 27 heavy (non-hydrogen) atoms. The average molecular weight is 375 g/mol. The van der Waals surface area contributed by atoms with E-state index >= 15 is 0 Å². The summed E-state index contributed by atoms with van der Waals surface area (Å²) in [6.07, 6.45) is 0.139. The Balaban J connectivity index is 2.15. The normalized spacial score (nSPS) is 17.1. The van der Waals surface area contributed by atoms with Gasteiger partial charge in [0.15, 0.2) is 11.5 Å². The van der Waals surface area contributed by atoms with Crippen LogP contribution in [0.2, 0.25) is 0 Å². The first-order valence-corrected chi connectivity index (χ1v) is 9.19. The summed E-state index contributed by atoms with van der Waals surface area (Å²) in [4.78, 5) is 26.0. The van der Waals surface area contributed by atoms with Gasteiger partial charge in [-0.3, -0.25) is 14.5 Å². The Kier molecular flexibility index (Phi) is 7.67. The van der Waals surface area contributed by atoms with Gasteiger partial charge in [-0.25, -0.2) is 0 Å². The molecular weight excluding hydrogens is 346 g/mol. The highest BCUT2D eigenvalue weighted by Gasteiger charge is 2.31. The van der Waals surface area contributed by atoms with Crippen molar-refractivity contribution in [2.24, 2.45) is 0 Å². The topological polar surface area (TPSA) is 79.9 Å². The number of amides is 2. The summed E-state index contributed by atoms with van der Waals surface area (Å²) >= 11 is 0. The highest BCUT2D eigenvalue weighted by molar-refractivity contribution is 5.88. The second kappa shape index (κ2) is 9.97. The number of benzene rings is 1. The molecule has 7 heteroatoms. The van der Waals surface area contributed by atoms with Crippen LogP contribution in [0.4, 0.5) is 0 Å². The molecule has 7 nitrogen and oxygen atoms in total. The zero-order chi connectivity index (χ0) is 19.8. The van der Waals surface area contributed by atoms with Crippen LogP contribution in [0.5, 0.6) is 11.5 Å². The van der Waals surface area contributed by atoms with Crippen LogP contribution in [-0.4, -0.2) is 56.1 Å². The largest absolute Gasteiger partial charge is 0.490 e. The molecule has 2 rings (SSSR count). The fourth-order valence-corrected chi connectivity index (χ4v) is 2.92. The summed E-state index contributed by atoms with van der Waals surface area (Å²) < 4.78 is 11.5. The smallest absolute Gasteiger partial charge is 0.237 e. The van der Waals surface area contributed by atoms with E-state index in [0.29, 0.717) is 44.3 Å². The van der Waals surface area contributed by atoms with Gasteiger partial charge in [0.2, 0.25) is 11.8 Å². The van der Waals surface area contributed by atoms with Gasteiger partial charge in [-0.1, -0.05) is 12.6 Å². The highest BCUT2D eigenvalue weighted by atomic mass is 16.5. The molecule has 1 atom stereocenters. The molecule has 0 radical (unpaired) electrons. The van der Waals surface area contributed by atoms with Crippen LogP contribution in [-0.2, 0) is 16.1 Å². The second-order valence-corrected chi connectivity index (χ2v) is 6.61. The van der Waals surface area contributed by atoms with E-state index in [1.165, 1.54) is 0 Å². The molecule has 1 aromatic carbocycles. The second-order valence-electron chi connectivity index (χ2n) is 6.61. The van der Waals surface area contributed by atoms with Gasteiger partial charge in [0.1, 0.15) is 6.61 Å².